The van der Waals surface area contributed by atoms with Crippen LogP contribution in [-0.2, 0) is 19.1 Å². The van der Waals surface area contributed by atoms with Gasteiger partial charge in [0, 0.05) is 6.08 Å². The van der Waals surface area contributed by atoms with Crippen molar-refractivity contribution in [3.8, 4) is 5.75 Å². The molecular weight excluding hydrogens is 468 g/mol. The van der Waals surface area contributed by atoms with Crippen LogP contribution in [0.25, 0.3) is 0 Å². The van der Waals surface area contributed by atoms with Crippen LogP contribution in [0, 0.1) is 17.8 Å². The third-order valence-corrected chi connectivity index (χ3v) is 7.35. The number of carbonyl (C=O) groups excluding carboxylic acids is 3. The predicted molar refractivity (Wildman–Crippen MR) is 145 cm³/mol. The Hall–Kier alpha value is -2.63. The highest BCUT2D eigenvalue weighted by molar-refractivity contribution is 5.89. The molecule has 1 fully saturated rings. The SMILES string of the molecule is C=CC(=O)OCCCCOC(=O)c1ccc(OC(=O)C2CCC(C(CCC)CCCCCC)CC2)cc1. The summed E-state index contributed by atoms with van der Waals surface area (Å²) in [5.74, 6) is 0.872. The van der Waals surface area contributed by atoms with Crippen LogP contribution in [0.3, 0.4) is 0 Å². The monoisotopic (exact) mass is 514 g/mol. The second-order valence-electron chi connectivity index (χ2n) is 10.2. The van der Waals surface area contributed by atoms with Gasteiger partial charge in [-0.05, 0) is 74.6 Å². The van der Waals surface area contributed by atoms with Crippen molar-refractivity contribution < 1.29 is 28.6 Å². The van der Waals surface area contributed by atoms with E-state index in [-0.39, 0.29) is 25.1 Å². The lowest BCUT2D eigenvalue weighted by molar-refractivity contribution is -0.140. The summed E-state index contributed by atoms with van der Waals surface area (Å²) < 4.78 is 15.8. The summed E-state index contributed by atoms with van der Waals surface area (Å²) in [4.78, 5) is 36.0. The van der Waals surface area contributed by atoms with Gasteiger partial charge in [0.05, 0.1) is 24.7 Å². The second-order valence-corrected chi connectivity index (χ2v) is 10.2. The Bertz CT molecular complexity index is 823. The fraction of sp³-hybridized carbons (Fsp3) is 0.645. The molecule has 6 heteroatoms. The number of rotatable bonds is 17. The van der Waals surface area contributed by atoms with E-state index in [9.17, 15) is 14.4 Å². The lowest BCUT2D eigenvalue weighted by Crippen LogP contribution is -2.28. The first-order valence-corrected chi connectivity index (χ1v) is 14.3. The van der Waals surface area contributed by atoms with Crippen LogP contribution in [0.1, 0.15) is 108 Å². The van der Waals surface area contributed by atoms with E-state index in [0.717, 1.165) is 43.6 Å². The van der Waals surface area contributed by atoms with E-state index in [1.165, 1.54) is 44.9 Å². The van der Waals surface area contributed by atoms with Gasteiger partial charge in [-0.15, -0.1) is 0 Å². The molecule has 0 heterocycles. The highest BCUT2D eigenvalue weighted by atomic mass is 16.5. The van der Waals surface area contributed by atoms with Crippen molar-refractivity contribution >= 4 is 17.9 Å². The Balaban J connectivity index is 1.71. The maximum atomic E-state index is 12.8. The molecule has 0 aromatic heterocycles. The minimum absolute atomic E-state index is 0.0472. The van der Waals surface area contributed by atoms with Crippen LogP contribution >= 0.6 is 0 Å². The Kier molecular flexibility index (Phi) is 14.7. The van der Waals surface area contributed by atoms with E-state index in [4.69, 9.17) is 14.2 Å². The summed E-state index contributed by atoms with van der Waals surface area (Å²) in [6, 6.07) is 6.51. The molecule has 0 aliphatic heterocycles. The van der Waals surface area contributed by atoms with E-state index in [1.807, 2.05) is 0 Å². The number of unbranched alkanes of at least 4 members (excludes halogenated alkanes) is 4. The Labute approximate surface area is 223 Å². The van der Waals surface area contributed by atoms with E-state index in [1.54, 1.807) is 24.3 Å². The molecule has 1 aliphatic carbocycles. The molecule has 0 N–H and O–H groups in total. The first-order valence-electron chi connectivity index (χ1n) is 14.3. The van der Waals surface area contributed by atoms with Gasteiger partial charge < -0.3 is 14.2 Å². The lowest BCUT2D eigenvalue weighted by atomic mass is 9.73. The average molecular weight is 515 g/mol. The highest BCUT2D eigenvalue weighted by Gasteiger charge is 2.31. The molecule has 37 heavy (non-hydrogen) atoms. The highest BCUT2D eigenvalue weighted by Crippen LogP contribution is 2.38. The topological polar surface area (TPSA) is 78.9 Å². The maximum Gasteiger partial charge on any atom is 0.338 e. The molecule has 0 radical (unpaired) electrons. The normalized spacial score (nSPS) is 18.0. The zero-order valence-corrected chi connectivity index (χ0v) is 22.9. The van der Waals surface area contributed by atoms with Crippen molar-refractivity contribution in [2.24, 2.45) is 17.8 Å². The number of benzene rings is 1. The fourth-order valence-corrected chi connectivity index (χ4v) is 5.19. The number of ether oxygens (including phenoxy) is 3. The zero-order chi connectivity index (χ0) is 26.9. The van der Waals surface area contributed by atoms with Crippen molar-refractivity contribution in [2.75, 3.05) is 13.2 Å². The molecule has 2 rings (SSSR count). The number of hydrogen-bond donors (Lipinski definition) is 0. The van der Waals surface area contributed by atoms with Crippen molar-refractivity contribution in [3.63, 3.8) is 0 Å². The van der Waals surface area contributed by atoms with E-state index < -0.39 is 11.9 Å². The average Bonchev–Trinajstić information content (AvgIpc) is 2.92. The first-order chi connectivity index (χ1) is 18.0. The van der Waals surface area contributed by atoms with Gasteiger partial charge in [-0.25, -0.2) is 9.59 Å². The predicted octanol–water partition coefficient (Wildman–Crippen LogP) is 7.45. The smallest absolute Gasteiger partial charge is 0.338 e. The van der Waals surface area contributed by atoms with Crippen molar-refractivity contribution in [1.82, 2.24) is 0 Å². The van der Waals surface area contributed by atoms with Crippen LogP contribution in [-0.4, -0.2) is 31.1 Å². The van der Waals surface area contributed by atoms with Crippen LogP contribution < -0.4 is 4.74 Å². The van der Waals surface area contributed by atoms with Crippen LogP contribution in [0.4, 0.5) is 0 Å². The molecule has 1 aromatic carbocycles. The van der Waals surface area contributed by atoms with Crippen molar-refractivity contribution in [1.29, 1.82) is 0 Å². The summed E-state index contributed by atoms with van der Waals surface area (Å²) in [5, 5.41) is 0. The van der Waals surface area contributed by atoms with Crippen LogP contribution in [0.5, 0.6) is 5.75 Å². The Morgan fingerprint density at radius 2 is 1.54 bits per heavy atom. The van der Waals surface area contributed by atoms with E-state index in [2.05, 4.69) is 20.4 Å². The summed E-state index contributed by atoms with van der Waals surface area (Å²) in [6.07, 6.45) is 15.5. The standard InChI is InChI=1S/C31H46O6/c1-4-7-8-9-13-24(12-5-2)25-14-16-27(17-15-25)31(34)37-28-20-18-26(19-21-28)30(33)36-23-11-10-22-35-29(32)6-3/h6,18-21,24-25,27H,3-5,7-17,22-23H2,1-2H3. The number of carbonyl (C=O) groups is 3. The molecule has 1 atom stereocenters. The van der Waals surface area contributed by atoms with Gasteiger partial charge in [-0.3, -0.25) is 4.79 Å². The van der Waals surface area contributed by atoms with E-state index in [0.29, 0.717) is 24.2 Å². The quantitative estimate of drug-likeness (QED) is 0.0929. The van der Waals surface area contributed by atoms with Gasteiger partial charge in [-0.1, -0.05) is 65.4 Å². The van der Waals surface area contributed by atoms with Crippen molar-refractivity contribution in [3.05, 3.63) is 42.5 Å². The van der Waals surface area contributed by atoms with Gasteiger partial charge in [0.15, 0.2) is 0 Å². The largest absolute Gasteiger partial charge is 0.463 e. The maximum absolute atomic E-state index is 12.8. The van der Waals surface area contributed by atoms with Gasteiger partial charge in [0.1, 0.15) is 5.75 Å². The molecule has 1 aliphatic rings. The van der Waals surface area contributed by atoms with Gasteiger partial charge in [-0.2, -0.15) is 0 Å². The molecule has 0 spiro atoms. The summed E-state index contributed by atoms with van der Waals surface area (Å²) in [7, 11) is 0. The molecule has 1 unspecified atom stereocenters. The van der Waals surface area contributed by atoms with Crippen molar-refractivity contribution in [2.45, 2.75) is 97.3 Å². The summed E-state index contributed by atoms with van der Waals surface area (Å²) >= 11 is 0. The van der Waals surface area contributed by atoms with E-state index >= 15 is 0 Å². The Morgan fingerprint density at radius 3 is 2.16 bits per heavy atom. The molecule has 6 nitrogen and oxygen atoms in total. The number of esters is 3. The fourth-order valence-electron chi connectivity index (χ4n) is 5.19. The third-order valence-electron chi connectivity index (χ3n) is 7.35. The van der Waals surface area contributed by atoms with Gasteiger partial charge in [0.2, 0.25) is 0 Å². The molecule has 1 saturated carbocycles. The number of hydrogen-bond acceptors (Lipinski definition) is 6. The second kappa shape index (κ2) is 17.8. The zero-order valence-electron chi connectivity index (χ0n) is 22.9. The molecule has 206 valence electrons. The molecule has 0 saturated heterocycles. The minimum Gasteiger partial charge on any atom is -0.463 e. The summed E-state index contributed by atoms with van der Waals surface area (Å²) in [6.45, 7) is 8.37. The van der Waals surface area contributed by atoms with Crippen LogP contribution in [0.2, 0.25) is 0 Å². The summed E-state index contributed by atoms with van der Waals surface area (Å²) in [5.41, 5.74) is 0.402. The molecule has 0 bridgehead atoms. The Morgan fingerprint density at radius 1 is 0.865 bits per heavy atom. The molecule has 1 aromatic rings. The first kappa shape index (κ1) is 30.6. The van der Waals surface area contributed by atoms with Gasteiger partial charge >= 0.3 is 17.9 Å². The van der Waals surface area contributed by atoms with Crippen LogP contribution in [0.15, 0.2) is 36.9 Å². The molecule has 0 amide bonds. The third kappa shape index (κ3) is 11.5. The van der Waals surface area contributed by atoms with Gasteiger partial charge in [0.25, 0.3) is 0 Å². The lowest BCUT2D eigenvalue weighted by Gasteiger charge is -2.33. The molecular formula is C31H46O6. The minimum atomic E-state index is -0.459.